The van der Waals surface area contributed by atoms with Gasteiger partial charge in [-0.1, -0.05) is 43.6 Å². The fourth-order valence-electron chi connectivity index (χ4n) is 2.62. The van der Waals surface area contributed by atoms with Crippen LogP contribution in [-0.4, -0.2) is 19.8 Å². The van der Waals surface area contributed by atoms with Crippen LogP contribution in [0.4, 0.5) is 0 Å². The van der Waals surface area contributed by atoms with Gasteiger partial charge in [-0.2, -0.15) is 0 Å². The molecule has 0 spiro atoms. The minimum absolute atomic E-state index is 0.260. The molecular formula is C17H26BrNO2. The van der Waals surface area contributed by atoms with E-state index in [9.17, 15) is 0 Å². The van der Waals surface area contributed by atoms with E-state index in [0.717, 1.165) is 48.6 Å². The fraction of sp³-hybridized carbons (Fsp3) is 0.647. The third kappa shape index (κ3) is 4.62. The molecule has 0 amide bonds. The van der Waals surface area contributed by atoms with Gasteiger partial charge in [-0.25, -0.2) is 0 Å². The fourth-order valence-corrected chi connectivity index (χ4v) is 3.22. The Morgan fingerprint density at radius 3 is 2.38 bits per heavy atom. The van der Waals surface area contributed by atoms with E-state index in [1.54, 1.807) is 0 Å². The molecule has 0 bridgehead atoms. The van der Waals surface area contributed by atoms with Crippen LogP contribution in [0.3, 0.4) is 0 Å². The molecule has 0 aliphatic carbocycles. The van der Waals surface area contributed by atoms with Crippen molar-refractivity contribution in [3.05, 3.63) is 22.2 Å². The molecule has 0 saturated carbocycles. The van der Waals surface area contributed by atoms with Gasteiger partial charge in [0, 0.05) is 16.9 Å². The van der Waals surface area contributed by atoms with Crippen molar-refractivity contribution < 1.29 is 9.47 Å². The van der Waals surface area contributed by atoms with Crippen molar-refractivity contribution in [1.29, 1.82) is 0 Å². The minimum atomic E-state index is 0.260. The molecule has 0 fully saturated rings. The highest BCUT2D eigenvalue weighted by molar-refractivity contribution is 9.10. The molecule has 118 valence electrons. The zero-order chi connectivity index (χ0) is 15.5. The molecule has 1 aliphatic heterocycles. The Morgan fingerprint density at radius 1 is 1.19 bits per heavy atom. The molecule has 21 heavy (non-hydrogen) atoms. The molecule has 1 atom stereocenters. The summed E-state index contributed by atoms with van der Waals surface area (Å²) in [7, 11) is 0. The van der Waals surface area contributed by atoms with Gasteiger partial charge in [0.2, 0.25) is 0 Å². The second-order valence-corrected chi connectivity index (χ2v) is 7.60. The average Bonchev–Trinajstić information content (AvgIpc) is 2.60. The first-order valence-corrected chi connectivity index (χ1v) is 8.52. The van der Waals surface area contributed by atoms with Gasteiger partial charge in [0.15, 0.2) is 11.5 Å². The number of hydrogen-bond donors (Lipinski definition) is 1. The van der Waals surface area contributed by atoms with Crippen LogP contribution >= 0.6 is 15.9 Å². The van der Waals surface area contributed by atoms with Gasteiger partial charge in [0.05, 0.1) is 13.2 Å². The van der Waals surface area contributed by atoms with Gasteiger partial charge in [0.25, 0.3) is 0 Å². The first-order valence-electron chi connectivity index (χ1n) is 7.73. The quantitative estimate of drug-likeness (QED) is 0.849. The Balaban J connectivity index is 2.33. The average molecular weight is 356 g/mol. The Morgan fingerprint density at radius 2 is 1.81 bits per heavy atom. The summed E-state index contributed by atoms with van der Waals surface area (Å²) in [5.41, 5.74) is 1.51. The van der Waals surface area contributed by atoms with Crippen LogP contribution in [0.2, 0.25) is 0 Å². The Labute approximate surface area is 136 Å². The van der Waals surface area contributed by atoms with Crippen LogP contribution in [0.1, 0.15) is 52.1 Å². The summed E-state index contributed by atoms with van der Waals surface area (Å²) in [6.45, 7) is 11.3. The number of ether oxygens (including phenoxy) is 2. The van der Waals surface area contributed by atoms with Crippen LogP contribution in [0.15, 0.2) is 16.6 Å². The van der Waals surface area contributed by atoms with E-state index >= 15 is 0 Å². The smallest absolute Gasteiger partial charge is 0.162 e. The van der Waals surface area contributed by atoms with Crippen molar-refractivity contribution in [1.82, 2.24) is 5.32 Å². The highest BCUT2D eigenvalue weighted by Gasteiger charge is 2.23. The molecule has 1 N–H and O–H groups in total. The van der Waals surface area contributed by atoms with Crippen LogP contribution in [0.25, 0.3) is 0 Å². The van der Waals surface area contributed by atoms with Gasteiger partial charge in [-0.3, -0.25) is 0 Å². The number of halogens is 1. The molecule has 0 saturated heterocycles. The van der Waals surface area contributed by atoms with E-state index in [2.05, 4.69) is 55.0 Å². The standard InChI is InChI=1S/C17H26BrNO2/c1-5-19-14(11-17(2,3)4)12-9-15-16(10-13(12)18)21-8-6-7-20-15/h9-10,14,19H,5-8,11H2,1-4H3. The van der Waals surface area contributed by atoms with Crippen molar-refractivity contribution in [2.75, 3.05) is 19.8 Å². The second-order valence-electron chi connectivity index (χ2n) is 6.75. The van der Waals surface area contributed by atoms with E-state index in [1.165, 1.54) is 5.56 Å². The highest BCUT2D eigenvalue weighted by atomic mass is 79.9. The summed E-state index contributed by atoms with van der Waals surface area (Å²) in [5.74, 6) is 1.71. The molecule has 0 radical (unpaired) electrons. The Hall–Kier alpha value is -0.740. The third-order valence-electron chi connectivity index (χ3n) is 3.51. The zero-order valence-corrected chi connectivity index (χ0v) is 15.0. The van der Waals surface area contributed by atoms with Crippen LogP contribution in [0.5, 0.6) is 11.5 Å². The lowest BCUT2D eigenvalue weighted by Gasteiger charge is -2.28. The summed E-state index contributed by atoms with van der Waals surface area (Å²) in [6.07, 6.45) is 2.00. The predicted molar refractivity (Wildman–Crippen MR) is 90.2 cm³/mol. The molecule has 0 aromatic heterocycles. The monoisotopic (exact) mass is 355 g/mol. The maximum Gasteiger partial charge on any atom is 0.162 e. The van der Waals surface area contributed by atoms with Crippen LogP contribution < -0.4 is 14.8 Å². The molecule has 3 nitrogen and oxygen atoms in total. The van der Waals surface area contributed by atoms with Crippen molar-refractivity contribution in [2.45, 2.75) is 46.6 Å². The maximum absolute atomic E-state index is 5.83. The Kier molecular flexibility index (Phi) is 5.55. The maximum atomic E-state index is 5.83. The van der Waals surface area contributed by atoms with Gasteiger partial charge in [0.1, 0.15) is 0 Å². The van der Waals surface area contributed by atoms with Crippen molar-refractivity contribution >= 4 is 15.9 Å². The number of benzene rings is 1. The largest absolute Gasteiger partial charge is 0.490 e. The van der Waals surface area contributed by atoms with Gasteiger partial charge in [-0.05, 0) is 36.1 Å². The van der Waals surface area contributed by atoms with Crippen molar-refractivity contribution in [2.24, 2.45) is 5.41 Å². The summed E-state index contributed by atoms with van der Waals surface area (Å²) in [4.78, 5) is 0. The molecular weight excluding hydrogens is 330 g/mol. The number of nitrogens with one attached hydrogen (secondary N) is 1. The molecule has 2 rings (SSSR count). The minimum Gasteiger partial charge on any atom is -0.490 e. The number of rotatable bonds is 4. The van der Waals surface area contributed by atoms with Gasteiger partial charge >= 0.3 is 0 Å². The van der Waals surface area contributed by atoms with Gasteiger partial charge in [-0.15, -0.1) is 0 Å². The SMILES string of the molecule is CCNC(CC(C)(C)C)c1cc2c(cc1Br)OCCCO2. The zero-order valence-electron chi connectivity index (χ0n) is 13.5. The molecule has 1 aromatic carbocycles. The van der Waals surface area contributed by atoms with Crippen LogP contribution in [-0.2, 0) is 0 Å². The molecule has 1 aliphatic rings. The molecule has 1 heterocycles. The van der Waals surface area contributed by atoms with E-state index in [0.29, 0.717) is 6.04 Å². The van der Waals surface area contributed by atoms with Gasteiger partial charge < -0.3 is 14.8 Å². The summed E-state index contributed by atoms with van der Waals surface area (Å²) in [5, 5.41) is 3.59. The number of fused-ring (bicyclic) bond motifs is 1. The summed E-state index contributed by atoms with van der Waals surface area (Å²) < 4.78 is 12.7. The normalized spacial score (nSPS) is 16.4. The third-order valence-corrected chi connectivity index (χ3v) is 4.20. The lowest BCUT2D eigenvalue weighted by atomic mass is 9.85. The first-order chi connectivity index (χ1) is 9.90. The second kappa shape index (κ2) is 7.01. The summed E-state index contributed by atoms with van der Waals surface area (Å²) in [6, 6.07) is 4.48. The van der Waals surface area contributed by atoms with E-state index in [1.807, 2.05) is 6.07 Å². The highest BCUT2D eigenvalue weighted by Crippen LogP contribution is 2.40. The predicted octanol–water partition coefficient (Wildman–Crippen LogP) is 4.70. The molecule has 1 aromatic rings. The topological polar surface area (TPSA) is 30.5 Å². The number of hydrogen-bond acceptors (Lipinski definition) is 3. The molecule has 1 unspecified atom stereocenters. The summed E-state index contributed by atoms with van der Waals surface area (Å²) >= 11 is 3.70. The molecule has 4 heteroatoms. The van der Waals surface area contributed by atoms with Crippen molar-refractivity contribution in [3.8, 4) is 11.5 Å². The first kappa shape index (κ1) is 16.6. The van der Waals surface area contributed by atoms with Crippen LogP contribution in [0, 0.1) is 5.41 Å². The Bertz CT molecular complexity index is 482. The lowest BCUT2D eigenvalue weighted by molar-refractivity contribution is 0.296. The van der Waals surface area contributed by atoms with Crippen molar-refractivity contribution in [3.63, 3.8) is 0 Å². The lowest BCUT2D eigenvalue weighted by Crippen LogP contribution is -2.26. The van der Waals surface area contributed by atoms with E-state index < -0.39 is 0 Å². The van der Waals surface area contributed by atoms with E-state index in [4.69, 9.17) is 9.47 Å². The van der Waals surface area contributed by atoms with E-state index in [-0.39, 0.29) is 5.41 Å².